The first-order chi connectivity index (χ1) is 41.9. The van der Waals surface area contributed by atoms with Crippen LogP contribution in [0.2, 0.25) is 15.1 Å². The predicted octanol–water partition coefficient (Wildman–Crippen LogP) is 3.69. The minimum atomic E-state index is -1.02. The molecule has 0 atom stereocenters. The number of aliphatic carboxylic acids is 1. The summed E-state index contributed by atoms with van der Waals surface area (Å²) in [5, 5.41) is 32.1. The Morgan fingerprint density at radius 3 is 1.40 bits per heavy atom. The standard InChI is InChI=1S/C23H25ClFN5O3.C14H19ClFNO.C10H9BrClFO.C10H9N3O3.C4H11N.CH2O3.2K.H/c1-23(2,3)29(12-18(31)27-11-14-7-6-9-16(24)20(14)25)19(32)13-30-17-10-5-4-8-15(17)21(28-30)22(26)33;1-14(2,3)8-7-12(18)17-9-10-5-4-6-11(15)13(10)16;11-6-8(14)5-4-7-2-1-3-9(12)10(7)13;11-10(16)9-6-3-1-2-4-7(6)13(12-9)5-8(14)15;1-4(2,3)5;2-1-4-3;;;/h4-10H,11-13H2,1-3H3,(H2,26,33)(H,27,31);4-6H,7-9H2,1-3H3,(H,17,18);1-3H,4-6H2;1-4H,5H2,(H2,11,16)(H,14,15);5H2,1-3H3;1,3H;;;/q;;;;;;2*+1;-1/p-1. The second kappa shape index (κ2) is 42.7. The molecule has 0 aliphatic rings. The Labute approximate surface area is 642 Å². The average molecular weight is 1460 g/mol. The van der Waals surface area contributed by atoms with Crippen molar-refractivity contribution in [2.45, 2.75) is 125 Å². The van der Waals surface area contributed by atoms with Crippen molar-refractivity contribution >= 4 is 120 Å². The van der Waals surface area contributed by atoms with Crippen LogP contribution in [-0.2, 0) is 66.3 Å². The van der Waals surface area contributed by atoms with Crippen LogP contribution in [0, 0.1) is 22.9 Å². The molecule has 0 fully saturated rings. The van der Waals surface area contributed by atoms with Crippen LogP contribution in [0.15, 0.2) is 103 Å². The minimum Gasteiger partial charge on any atom is -1.00 e. The number of hydrogen-bond donors (Lipinski definition) is 6. The van der Waals surface area contributed by atoms with E-state index in [1.165, 1.54) is 38.5 Å². The number of carboxylic acid groups (broad SMARTS) is 1. The quantitative estimate of drug-likeness (QED) is 0.0221. The number of fused-ring (bicyclic) bond motifs is 2. The summed E-state index contributed by atoms with van der Waals surface area (Å²) in [7, 11) is 0. The van der Waals surface area contributed by atoms with Gasteiger partial charge in [-0.25, -0.2) is 13.2 Å². The van der Waals surface area contributed by atoms with Crippen molar-refractivity contribution in [1.82, 2.24) is 35.1 Å². The summed E-state index contributed by atoms with van der Waals surface area (Å²) in [6.07, 6.45) is 1.99. The van der Waals surface area contributed by atoms with Gasteiger partial charge in [0.05, 0.1) is 31.4 Å². The number of ketones is 1. The third kappa shape index (κ3) is 32.2. The SMILES string of the molecule is CC(C)(C)CCC(=O)NCc1cccc(Cl)c1F.CC(C)(C)N.CC(C)(C)N(CC(=O)NCc1cccc(Cl)c1F)C(=O)Cn1nc(C(N)=O)c2ccccc21.NC(=O)c1nn(CC(=O)O)c2ccccc12.O=C(CBr)CCc1cccc(Cl)c1F.O=CO[O-].[H-].[K+].[K+]. The number of aryl methyl sites for hydroxylation is 1. The number of para-hydroxylation sites is 2. The molecule has 5 amide bonds. The Morgan fingerprint density at radius 2 is 1.03 bits per heavy atom. The monoisotopic (exact) mass is 1450 g/mol. The van der Waals surface area contributed by atoms with Crippen molar-refractivity contribution in [3.05, 3.63) is 164 Å². The molecule has 0 aliphatic heterocycles. The first-order valence-electron chi connectivity index (χ1n) is 27.4. The van der Waals surface area contributed by atoms with Crippen molar-refractivity contribution in [3.63, 3.8) is 0 Å². The number of nitrogens with one attached hydrogen (secondary N) is 2. The first-order valence-corrected chi connectivity index (χ1v) is 29.6. The van der Waals surface area contributed by atoms with E-state index < -0.39 is 46.7 Å². The molecule has 0 bridgehead atoms. The minimum absolute atomic E-state index is 0. The number of Topliss-reactive ketones (excluding diaryl/α,β-unsaturated/α-hetero) is 1. The van der Waals surface area contributed by atoms with Crippen LogP contribution in [0.1, 0.15) is 121 Å². The Hall–Kier alpha value is -4.67. The van der Waals surface area contributed by atoms with Crippen molar-refractivity contribution < 1.29 is 171 Å². The molecule has 0 radical (unpaired) electrons. The van der Waals surface area contributed by atoms with E-state index in [0.29, 0.717) is 57.5 Å². The molecule has 0 aliphatic carbocycles. The topological polar surface area (TPSA) is 330 Å². The number of nitrogens with zero attached hydrogens (tertiary/aromatic N) is 5. The van der Waals surface area contributed by atoms with E-state index >= 15 is 0 Å². The molecule has 0 spiro atoms. The number of benzene rings is 5. The van der Waals surface area contributed by atoms with E-state index in [0.717, 1.165) is 6.42 Å². The number of rotatable bonds is 19. The third-order valence-electron chi connectivity index (χ3n) is 11.8. The Balaban J connectivity index is 0. The van der Waals surface area contributed by atoms with Crippen LogP contribution in [0.5, 0.6) is 0 Å². The van der Waals surface area contributed by atoms with Gasteiger partial charge in [0.15, 0.2) is 11.4 Å². The molecule has 2 heterocycles. The van der Waals surface area contributed by atoms with E-state index in [9.17, 15) is 46.7 Å². The number of nitrogens with two attached hydrogens (primary N) is 3. The molecule has 5 aromatic carbocycles. The predicted molar refractivity (Wildman–Crippen MR) is 342 cm³/mol. The maximum absolute atomic E-state index is 14.1. The van der Waals surface area contributed by atoms with Gasteiger partial charge in [0.1, 0.15) is 42.9 Å². The number of carbonyl (C=O) groups excluding carboxylic acids is 7. The van der Waals surface area contributed by atoms with E-state index in [1.807, 2.05) is 20.8 Å². The number of aromatic nitrogens is 4. The molecular weight excluding hydrogens is 1380 g/mol. The van der Waals surface area contributed by atoms with E-state index in [4.69, 9.17) is 67.2 Å². The van der Waals surface area contributed by atoms with Gasteiger partial charge < -0.3 is 49.4 Å². The van der Waals surface area contributed by atoms with Crippen molar-refractivity contribution in [2.24, 2.45) is 22.6 Å². The summed E-state index contributed by atoms with van der Waals surface area (Å²) in [4.78, 5) is 94.5. The summed E-state index contributed by atoms with van der Waals surface area (Å²) in [6.45, 7) is 16.7. The zero-order valence-corrected chi connectivity index (χ0v) is 63.2. The number of primary amides is 2. The van der Waals surface area contributed by atoms with Gasteiger partial charge in [-0.05, 0) is 95.7 Å². The molecule has 30 heteroatoms. The van der Waals surface area contributed by atoms with Gasteiger partial charge in [0.2, 0.25) is 17.7 Å². The summed E-state index contributed by atoms with van der Waals surface area (Å²) < 4.78 is 43.6. The van der Waals surface area contributed by atoms with Crippen molar-refractivity contribution in [3.8, 4) is 0 Å². The third-order valence-corrected chi connectivity index (χ3v) is 13.3. The molecular formula is C62H75BrCl3F3K2N10O11. The van der Waals surface area contributed by atoms with Gasteiger partial charge in [-0.3, -0.25) is 47.7 Å². The number of amides is 5. The summed E-state index contributed by atoms with van der Waals surface area (Å²) in [5.41, 5.74) is 17.8. The van der Waals surface area contributed by atoms with Gasteiger partial charge >= 0.3 is 109 Å². The normalized spacial score (nSPS) is 10.6. The maximum Gasteiger partial charge on any atom is 1.00 e. The average Bonchev–Trinajstić information content (AvgIpc) is 1.69. The summed E-state index contributed by atoms with van der Waals surface area (Å²) >= 11 is 20.1. The number of halogens is 7. The van der Waals surface area contributed by atoms with E-state index in [2.05, 4.69) is 62.4 Å². The zero-order chi connectivity index (χ0) is 68.3. The number of carboxylic acids is 1. The van der Waals surface area contributed by atoms with Crippen molar-refractivity contribution in [1.29, 1.82) is 0 Å². The second-order valence-corrected chi connectivity index (χ2v) is 24.6. The molecule has 7 rings (SSSR count). The number of alkyl halides is 1. The van der Waals surface area contributed by atoms with Gasteiger partial charge in [-0.1, -0.05) is 144 Å². The Kier molecular flexibility index (Phi) is 40.5. The fourth-order valence-corrected chi connectivity index (χ4v) is 8.38. The number of carbonyl (C=O) groups is 8. The molecule has 2 aromatic heterocycles. The molecule has 0 unspecified atom stereocenters. The Morgan fingerprint density at radius 1 is 0.652 bits per heavy atom. The smallest absolute Gasteiger partial charge is 1.00 e. The maximum atomic E-state index is 14.1. The van der Waals surface area contributed by atoms with Crippen LogP contribution in [0.3, 0.4) is 0 Å². The zero-order valence-electron chi connectivity index (χ0n) is 54.1. The molecule has 9 N–H and O–H groups in total. The van der Waals surface area contributed by atoms with Gasteiger partial charge in [0, 0.05) is 58.9 Å². The fraction of sp³-hybridized carbons (Fsp3) is 0.355. The molecule has 0 saturated carbocycles. The van der Waals surface area contributed by atoms with Crippen LogP contribution >= 0.6 is 50.7 Å². The van der Waals surface area contributed by atoms with Gasteiger partial charge in [0.25, 0.3) is 18.3 Å². The largest absolute Gasteiger partial charge is 1.00 e. The molecule has 7 aromatic rings. The van der Waals surface area contributed by atoms with Gasteiger partial charge in [-0.2, -0.15) is 10.2 Å². The molecule has 0 saturated heterocycles. The van der Waals surface area contributed by atoms with Crippen LogP contribution in [0.4, 0.5) is 13.2 Å². The molecule has 92 heavy (non-hydrogen) atoms. The Bertz CT molecular complexity index is 3610. The summed E-state index contributed by atoms with van der Waals surface area (Å²) in [6, 6.07) is 27.9. The van der Waals surface area contributed by atoms with Crippen LogP contribution in [0.25, 0.3) is 21.8 Å². The van der Waals surface area contributed by atoms with Crippen LogP contribution in [-0.4, -0.2) is 100 Å². The summed E-state index contributed by atoms with van der Waals surface area (Å²) in [5.74, 6) is -4.71. The van der Waals surface area contributed by atoms with Crippen molar-refractivity contribution in [2.75, 3.05) is 11.9 Å². The molecule has 490 valence electrons. The fourth-order valence-electron chi connectivity index (χ4n) is 7.52. The van der Waals surface area contributed by atoms with E-state index in [-0.39, 0.29) is 204 Å². The van der Waals surface area contributed by atoms with E-state index in [1.54, 1.807) is 99.6 Å². The molecule has 21 nitrogen and oxygen atoms in total. The van der Waals surface area contributed by atoms with Crippen LogP contribution < -0.4 is 136 Å². The van der Waals surface area contributed by atoms with Gasteiger partial charge in [-0.15, -0.1) is 0 Å². The number of hydrogen-bond acceptors (Lipinski definition) is 13. The first kappa shape index (κ1) is 87.3. The second-order valence-electron chi connectivity index (χ2n) is 22.8.